The summed E-state index contributed by atoms with van der Waals surface area (Å²) in [5.74, 6) is -0.746. The zero-order chi connectivity index (χ0) is 25.4. The molecule has 1 aliphatic rings. The molecule has 0 saturated carbocycles. The molecule has 1 aromatic heterocycles. The molecule has 1 aliphatic heterocycles. The van der Waals surface area contributed by atoms with Gasteiger partial charge in [0.2, 0.25) is 10.8 Å². The molecular weight excluding hydrogens is 497 g/mol. The average Bonchev–Trinajstić information content (AvgIpc) is 3.43. The van der Waals surface area contributed by atoms with Crippen molar-refractivity contribution in [2.45, 2.75) is 31.6 Å². The van der Waals surface area contributed by atoms with Gasteiger partial charge >= 0.3 is 10.4 Å². The van der Waals surface area contributed by atoms with Gasteiger partial charge in [0.05, 0.1) is 24.3 Å². The summed E-state index contributed by atoms with van der Waals surface area (Å²) in [5.41, 5.74) is 4.43. The van der Waals surface area contributed by atoms with Crippen molar-refractivity contribution in [2.75, 3.05) is 16.2 Å². The van der Waals surface area contributed by atoms with Crippen LogP contribution in [0, 0.1) is 19.7 Å². The van der Waals surface area contributed by atoms with Crippen molar-refractivity contribution in [3.8, 4) is 11.3 Å². The van der Waals surface area contributed by atoms with Crippen LogP contribution in [-0.2, 0) is 32.2 Å². The molecule has 0 spiro atoms. The number of hydrogen-bond donors (Lipinski definition) is 2. The van der Waals surface area contributed by atoms with Gasteiger partial charge < -0.3 is 5.32 Å². The van der Waals surface area contributed by atoms with Gasteiger partial charge in [0.1, 0.15) is 5.82 Å². The van der Waals surface area contributed by atoms with E-state index in [1.807, 2.05) is 44.2 Å². The first-order chi connectivity index (χ1) is 17.2. The second-order valence-electron chi connectivity index (χ2n) is 8.70. The van der Waals surface area contributed by atoms with Gasteiger partial charge in [-0.15, -0.1) is 11.3 Å². The third kappa shape index (κ3) is 4.57. The van der Waals surface area contributed by atoms with Crippen LogP contribution in [-0.4, -0.2) is 22.0 Å². The first-order valence-corrected chi connectivity index (χ1v) is 13.8. The van der Waals surface area contributed by atoms with Crippen molar-refractivity contribution in [3.63, 3.8) is 0 Å². The van der Waals surface area contributed by atoms with Crippen molar-refractivity contribution in [2.24, 2.45) is 0 Å². The highest BCUT2D eigenvalue weighted by Crippen LogP contribution is 2.39. The maximum absolute atomic E-state index is 13.9. The van der Waals surface area contributed by atoms with Gasteiger partial charge in [-0.3, -0.25) is 4.79 Å². The number of carbonyl (C=O) groups excluding carboxylic acids is 1. The van der Waals surface area contributed by atoms with E-state index >= 15 is 0 Å². The van der Waals surface area contributed by atoms with E-state index in [1.54, 1.807) is 34.6 Å². The summed E-state index contributed by atoms with van der Waals surface area (Å²) in [6, 6.07) is 19.1. The third-order valence-corrected chi connectivity index (χ3v) is 9.13. The van der Waals surface area contributed by atoms with Crippen molar-refractivity contribution in [1.29, 1.82) is 0 Å². The zero-order valence-corrected chi connectivity index (χ0v) is 21.5. The molecular formula is C27H25FN3O3S2+. The molecule has 5 rings (SSSR count). The quantitative estimate of drug-likeness (QED) is 0.302. The fraction of sp³-hybridized carbons (Fsp3) is 0.185. The molecule has 2 N–H and O–H groups in total. The lowest BCUT2D eigenvalue weighted by Crippen LogP contribution is -2.35. The Morgan fingerprint density at radius 1 is 1.14 bits per heavy atom. The molecule has 6 nitrogen and oxygen atoms in total. The number of aromatic nitrogens is 1. The smallest absolute Gasteiger partial charge is 0.302 e. The SMILES string of the molecule is Cc1ccccc1[S+](=O)(O)N1CCc2cc(-c3nc(NC(=O)Cc4ccccc4F)sc3C)ccc21. The number of aryl methyl sites for hydroxylation is 2. The number of rotatable bonds is 6. The highest BCUT2D eigenvalue weighted by Gasteiger charge is 2.43. The molecule has 0 saturated heterocycles. The van der Waals surface area contributed by atoms with E-state index in [0.717, 1.165) is 32.9 Å². The predicted molar refractivity (Wildman–Crippen MR) is 142 cm³/mol. The van der Waals surface area contributed by atoms with E-state index < -0.39 is 16.2 Å². The van der Waals surface area contributed by atoms with E-state index in [4.69, 9.17) is 0 Å². The Labute approximate surface area is 214 Å². The van der Waals surface area contributed by atoms with Crippen molar-refractivity contribution in [1.82, 2.24) is 4.98 Å². The number of carbonyl (C=O) groups is 1. The van der Waals surface area contributed by atoms with Crippen molar-refractivity contribution >= 4 is 38.5 Å². The van der Waals surface area contributed by atoms with Gasteiger partial charge in [-0.25, -0.2) is 9.37 Å². The minimum absolute atomic E-state index is 0.0728. The van der Waals surface area contributed by atoms with Crippen molar-refractivity contribution in [3.05, 3.63) is 94.1 Å². The predicted octanol–water partition coefficient (Wildman–Crippen LogP) is 6.06. The topological polar surface area (TPSA) is 82.5 Å². The Morgan fingerprint density at radius 3 is 2.67 bits per heavy atom. The first-order valence-electron chi connectivity index (χ1n) is 11.5. The fourth-order valence-electron chi connectivity index (χ4n) is 4.45. The second kappa shape index (κ2) is 9.57. The molecule has 0 fully saturated rings. The molecule has 2 heterocycles. The zero-order valence-electron chi connectivity index (χ0n) is 19.8. The van der Waals surface area contributed by atoms with Crippen LogP contribution in [0.2, 0.25) is 0 Å². The number of nitrogens with zero attached hydrogens (tertiary/aromatic N) is 2. The summed E-state index contributed by atoms with van der Waals surface area (Å²) < 4.78 is 39.9. The van der Waals surface area contributed by atoms with Gasteiger partial charge in [-0.05, 0) is 59.9 Å². The van der Waals surface area contributed by atoms with Crippen molar-refractivity contribution < 1.29 is 17.9 Å². The molecule has 1 amide bonds. The molecule has 1 atom stereocenters. The lowest BCUT2D eigenvalue weighted by Gasteiger charge is -2.18. The Morgan fingerprint density at radius 2 is 1.89 bits per heavy atom. The number of hydrogen-bond acceptors (Lipinski definition) is 4. The maximum atomic E-state index is 13.9. The Hall–Kier alpha value is -3.40. The summed E-state index contributed by atoms with van der Waals surface area (Å²) in [6.07, 6.45) is 0.568. The van der Waals surface area contributed by atoms with E-state index in [1.165, 1.54) is 17.4 Å². The molecule has 184 valence electrons. The van der Waals surface area contributed by atoms with Crippen LogP contribution in [0.3, 0.4) is 0 Å². The molecule has 1 unspecified atom stereocenters. The number of thiazole rings is 1. The number of amides is 1. The molecule has 36 heavy (non-hydrogen) atoms. The summed E-state index contributed by atoms with van der Waals surface area (Å²) in [7, 11) is -3.41. The van der Waals surface area contributed by atoms with Gasteiger partial charge in [0, 0.05) is 16.0 Å². The second-order valence-corrected chi connectivity index (χ2v) is 11.8. The Balaban J connectivity index is 1.36. The van der Waals surface area contributed by atoms with Gasteiger partial charge in [-0.1, -0.05) is 42.5 Å². The Bertz CT molecular complexity index is 1520. The van der Waals surface area contributed by atoms with Crippen LogP contribution in [0.1, 0.15) is 21.6 Å². The lowest BCUT2D eigenvalue weighted by atomic mass is 10.1. The summed E-state index contributed by atoms with van der Waals surface area (Å²) in [6.45, 7) is 4.20. The number of benzene rings is 3. The van der Waals surface area contributed by atoms with E-state index in [0.29, 0.717) is 28.6 Å². The summed E-state index contributed by atoms with van der Waals surface area (Å²) in [4.78, 5) is 18.4. The molecule has 0 bridgehead atoms. The minimum atomic E-state index is -3.41. The summed E-state index contributed by atoms with van der Waals surface area (Å²) >= 11 is 1.36. The maximum Gasteiger partial charge on any atom is 0.348 e. The fourth-order valence-corrected chi connectivity index (χ4v) is 7.06. The van der Waals surface area contributed by atoms with Crippen LogP contribution >= 0.6 is 11.3 Å². The number of fused-ring (bicyclic) bond motifs is 1. The van der Waals surface area contributed by atoms with Crippen LogP contribution in [0.15, 0.2) is 71.6 Å². The molecule has 9 heteroatoms. The normalized spacial score (nSPS) is 14.4. The third-order valence-electron chi connectivity index (χ3n) is 6.24. The van der Waals surface area contributed by atoms with E-state index in [-0.39, 0.29) is 12.3 Å². The monoisotopic (exact) mass is 522 g/mol. The standard InChI is InChI=1S/C27H24FN3O3S2/c1-17-7-3-6-10-24(17)36(33,34)31-14-13-20-15-21(11-12-23(20)31)26-18(2)35-27(30-26)29-25(32)16-19-8-4-5-9-22(19)28/h3-12,15H,13-14,16H2,1-2H3,(H-,29,30,32,33,34)/p+1. The Kier molecular flexibility index (Phi) is 6.46. The lowest BCUT2D eigenvalue weighted by molar-refractivity contribution is -0.115. The molecule has 4 aromatic rings. The molecule has 0 radical (unpaired) electrons. The van der Waals surface area contributed by atoms with E-state index in [9.17, 15) is 17.9 Å². The number of anilines is 2. The molecule has 3 aromatic carbocycles. The largest absolute Gasteiger partial charge is 0.348 e. The van der Waals surface area contributed by atoms with Gasteiger partial charge in [0.15, 0.2) is 5.13 Å². The van der Waals surface area contributed by atoms with Crippen LogP contribution in [0.4, 0.5) is 15.2 Å². The van der Waals surface area contributed by atoms with Gasteiger partial charge in [0.25, 0.3) is 0 Å². The number of halogens is 1. The van der Waals surface area contributed by atoms with Crippen LogP contribution in [0.5, 0.6) is 0 Å². The average molecular weight is 523 g/mol. The summed E-state index contributed by atoms with van der Waals surface area (Å²) in [5, 5.41) is 3.22. The van der Waals surface area contributed by atoms with Crippen LogP contribution < -0.4 is 9.62 Å². The van der Waals surface area contributed by atoms with E-state index in [2.05, 4.69) is 10.3 Å². The highest BCUT2D eigenvalue weighted by atomic mass is 32.3. The first kappa shape index (κ1) is 24.3. The van der Waals surface area contributed by atoms with Crippen LogP contribution in [0.25, 0.3) is 11.3 Å². The highest BCUT2D eigenvalue weighted by molar-refractivity contribution is 7.99. The molecule has 0 aliphatic carbocycles. The minimum Gasteiger partial charge on any atom is -0.302 e. The van der Waals surface area contributed by atoms with Gasteiger partial charge in [-0.2, -0.15) is 8.86 Å². The number of nitrogens with one attached hydrogen (secondary N) is 1.